The Morgan fingerprint density at radius 2 is 2.25 bits per heavy atom. The summed E-state index contributed by atoms with van der Waals surface area (Å²) >= 11 is 0. The van der Waals surface area contributed by atoms with E-state index in [2.05, 4.69) is 24.4 Å². The second kappa shape index (κ2) is 4.85. The molecule has 0 fully saturated rings. The summed E-state index contributed by atoms with van der Waals surface area (Å²) in [5, 5.41) is 3.53. The fourth-order valence-corrected chi connectivity index (χ4v) is 2.30. The molecule has 88 valence electrons. The van der Waals surface area contributed by atoms with Crippen molar-refractivity contribution in [3.63, 3.8) is 0 Å². The minimum Gasteiger partial charge on any atom is -0.496 e. The van der Waals surface area contributed by atoms with Gasteiger partial charge in [0.25, 0.3) is 0 Å². The highest BCUT2D eigenvalue weighted by atomic mass is 16.5. The molecule has 16 heavy (non-hydrogen) atoms. The number of ether oxygens (including phenoxy) is 1. The zero-order valence-electron chi connectivity index (χ0n) is 10.0. The molecule has 1 aliphatic heterocycles. The normalized spacial score (nSPS) is 19.3. The van der Waals surface area contributed by atoms with Crippen molar-refractivity contribution in [2.45, 2.75) is 38.9 Å². The van der Waals surface area contributed by atoms with Gasteiger partial charge in [-0.1, -0.05) is 13.0 Å². The van der Waals surface area contributed by atoms with Crippen LogP contribution in [0.3, 0.4) is 0 Å². The Balaban J connectivity index is 2.34. The van der Waals surface area contributed by atoms with Gasteiger partial charge in [0.2, 0.25) is 0 Å². The monoisotopic (exact) mass is 220 g/mol. The Morgan fingerprint density at radius 1 is 1.44 bits per heavy atom. The first-order chi connectivity index (χ1) is 7.78. The SMILES string of the molecule is CCC1Cc2cc(CN)c(OC)cc2CN1. The summed E-state index contributed by atoms with van der Waals surface area (Å²) in [6, 6.07) is 4.93. The van der Waals surface area contributed by atoms with Gasteiger partial charge in [0.05, 0.1) is 7.11 Å². The largest absolute Gasteiger partial charge is 0.496 e. The Bertz CT molecular complexity index is 376. The molecule has 0 spiro atoms. The first-order valence-electron chi connectivity index (χ1n) is 5.90. The van der Waals surface area contributed by atoms with Crippen molar-refractivity contribution in [2.24, 2.45) is 5.73 Å². The number of hydrogen-bond donors (Lipinski definition) is 2. The molecule has 1 heterocycles. The zero-order valence-corrected chi connectivity index (χ0v) is 10.0. The summed E-state index contributed by atoms with van der Waals surface area (Å²) in [4.78, 5) is 0. The highest BCUT2D eigenvalue weighted by Gasteiger charge is 2.18. The van der Waals surface area contributed by atoms with Crippen LogP contribution >= 0.6 is 0 Å². The van der Waals surface area contributed by atoms with Crippen LogP contribution in [0.25, 0.3) is 0 Å². The van der Waals surface area contributed by atoms with E-state index in [1.54, 1.807) is 7.11 Å². The summed E-state index contributed by atoms with van der Waals surface area (Å²) < 4.78 is 5.35. The number of fused-ring (bicyclic) bond motifs is 1. The van der Waals surface area contributed by atoms with E-state index in [9.17, 15) is 0 Å². The Labute approximate surface area is 97.0 Å². The average Bonchev–Trinajstić information content (AvgIpc) is 2.36. The molecule has 3 N–H and O–H groups in total. The van der Waals surface area contributed by atoms with E-state index in [1.807, 2.05) is 0 Å². The van der Waals surface area contributed by atoms with Gasteiger partial charge in [-0.25, -0.2) is 0 Å². The van der Waals surface area contributed by atoms with E-state index >= 15 is 0 Å². The lowest BCUT2D eigenvalue weighted by atomic mass is 9.92. The van der Waals surface area contributed by atoms with Crippen LogP contribution < -0.4 is 15.8 Å². The van der Waals surface area contributed by atoms with Crippen LogP contribution in [0.15, 0.2) is 12.1 Å². The predicted molar refractivity (Wildman–Crippen MR) is 65.5 cm³/mol. The quantitative estimate of drug-likeness (QED) is 0.813. The number of benzene rings is 1. The van der Waals surface area contributed by atoms with E-state index < -0.39 is 0 Å². The summed E-state index contributed by atoms with van der Waals surface area (Å²) in [6.07, 6.45) is 2.27. The first-order valence-corrected chi connectivity index (χ1v) is 5.90. The van der Waals surface area contributed by atoms with Crippen molar-refractivity contribution in [1.82, 2.24) is 5.32 Å². The van der Waals surface area contributed by atoms with E-state index in [4.69, 9.17) is 10.5 Å². The fourth-order valence-electron chi connectivity index (χ4n) is 2.30. The summed E-state index contributed by atoms with van der Waals surface area (Å²) in [7, 11) is 1.70. The van der Waals surface area contributed by atoms with Gasteiger partial charge in [0.15, 0.2) is 0 Å². The molecular formula is C13H20N2O. The molecule has 2 rings (SSSR count). The molecule has 1 aliphatic rings. The lowest BCUT2D eigenvalue weighted by molar-refractivity contribution is 0.406. The number of nitrogens with one attached hydrogen (secondary N) is 1. The van der Waals surface area contributed by atoms with Gasteiger partial charge >= 0.3 is 0 Å². The smallest absolute Gasteiger partial charge is 0.123 e. The van der Waals surface area contributed by atoms with Crippen LogP contribution in [0.2, 0.25) is 0 Å². The lowest BCUT2D eigenvalue weighted by Crippen LogP contribution is -2.35. The van der Waals surface area contributed by atoms with Crippen LogP contribution in [-0.4, -0.2) is 13.2 Å². The van der Waals surface area contributed by atoms with Gasteiger partial charge < -0.3 is 15.8 Å². The molecular weight excluding hydrogens is 200 g/mol. The number of methoxy groups -OCH3 is 1. The maximum Gasteiger partial charge on any atom is 0.123 e. The third-order valence-corrected chi connectivity index (χ3v) is 3.36. The van der Waals surface area contributed by atoms with Crippen molar-refractivity contribution >= 4 is 0 Å². The molecule has 3 heteroatoms. The van der Waals surface area contributed by atoms with Gasteiger partial charge in [-0.15, -0.1) is 0 Å². The molecule has 0 saturated heterocycles. The van der Waals surface area contributed by atoms with Gasteiger partial charge in [0.1, 0.15) is 5.75 Å². The molecule has 0 aliphatic carbocycles. The number of rotatable bonds is 3. The minimum atomic E-state index is 0.542. The molecule has 1 aromatic carbocycles. The third-order valence-electron chi connectivity index (χ3n) is 3.36. The summed E-state index contributed by atoms with van der Waals surface area (Å²) in [5.74, 6) is 0.915. The zero-order chi connectivity index (χ0) is 11.5. The standard InChI is InChI=1S/C13H20N2O/c1-3-12-5-9-4-10(7-14)13(16-2)6-11(9)8-15-12/h4,6,12,15H,3,5,7-8,14H2,1-2H3. The van der Waals surface area contributed by atoms with Crippen LogP contribution in [-0.2, 0) is 19.5 Å². The number of nitrogens with two attached hydrogens (primary N) is 1. The van der Waals surface area contributed by atoms with Crippen molar-refractivity contribution < 1.29 is 4.74 Å². The summed E-state index contributed by atoms with van der Waals surface area (Å²) in [5.41, 5.74) is 9.61. The summed E-state index contributed by atoms with van der Waals surface area (Å²) in [6.45, 7) is 3.70. The van der Waals surface area contributed by atoms with Crippen molar-refractivity contribution in [2.75, 3.05) is 7.11 Å². The highest BCUT2D eigenvalue weighted by Crippen LogP contribution is 2.27. The highest BCUT2D eigenvalue weighted by molar-refractivity contribution is 5.44. The fraction of sp³-hybridized carbons (Fsp3) is 0.538. The molecule has 1 aromatic rings. The second-order valence-electron chi connectivity index (χ2n) is 4.33. The Morgan fingerprint density at radius 3 is 2.88 bits per heavy atom. The molecule has 0 bridgehead atoms. The molecule has 1 unspecified atom stereocenters. The van der Waals surface area contributed by atoms with Crippen molar-refractivity contribution in [3.05, 3.63) is 28.8 Å². The third kappa shape index (κ3) is 2.06. The number of hydrogen-bond acceptors (Lipinski definition) is 3. The van der Waals surface area contributed by atoms with E-state index in [0.717, 1.165) is 24.3 Å². The van der Waals surface area contributed by atoms with Crippen LogP contribution in [0, 0.1) is 0 Å². The molecule has 0 aromatic heterocycles. The van der Waals surface area contributed by atoms with Gasteiger partial charge in [-0.2, -0.15) is 0 Å². The van der Waals surface area contributed by atoms with E-state index in [0.29, 0.717) is 12.6 Å². The maximum atomic E-state index is 5.73. The first kappa shape index (κ1) is 11.4. The second-order valence-corrected chi connectivity index (χ2v) is 4.33. The van der Waals surface area contributed by atoms with Crippen LogP contribution in [0.4, 0.5) is 0 Å². The van der Waals surface area contributed by atoms with E-state index in [1.165, 1.54) is 17.5 Å². The predicted octanol–water partition coefficient (Wildman–Crippen LogP) is 1.58. The van der Waals surface area contributed by atoms with Gasteiger partial charge in [0, 0.05) is 24.7 Å². The molecule has 0 amide bonds. The molecule has 3 nitrogen and oxygen atoms in total. The van der Waals surface area contributed by atoms with Gasteiger partial charge in [-0.05, 0) is 30.0 Å². The minimum absolute atomic E-state index is 0.542. The van der Waals surface area contributed by atoms with E-state index in [-0.39, 0.29) is 0 Å². The van der Waals surface area contributed by atoms with Crippen LogP contribution in [0.5, 0.6) is 5.75 Å². The lowest BCUT2D eigenvalue weighted by Gasteiger charge is -2.26. The van der Waals surface area contributed by atoms with Crippen molar-refractivity contribution in [1.29, 1.82) is 0 Å². The van der Waals surface area contributed by atoms with Crippen LogP contribution in [0.1, 0.15) is 30.0 Å². The van der Waals surface area contributed by atoms with Gasteiger partial charge in [-0.3, -0.25) is 0 Å². The Hall–Kier alpha value is -1.06. The average molecular weight is 220 g/mol. The van der Waals surface area contributed by atoms with Crippen molar-refractivity contribution in [3.8, 4) is 5.75 Å². The Kier molecular flexibility index (Phi) is 3.46. The molecule has 0 saturated carbocycles. The molecule has 0 radical (unpaired) electrons. The molecule has 1 atom stereocenters. The topological polar surface area (TPSA) is 47.3 Å². The maximum absolute atomic E-state index is 5.73.